The summed E-state index contributed by atoms with van der Waals surface area (Å²) in [4.78, 5) is 13.5. The predicted molar refractivity (Wildman–Crippen MR) is 76.6 cm³/mol. The van der Waals surface area contributed by atoms with Gasteiger partial charge < -0.3 is 15.7 Å². The van der Waals surface area contributed by atoms with Crippen molar-refractivity contribution in [3.63, 3.8) is 0 Å². The van der Waals surface area contributed by atoms with E-state index in [1.807, 2.05) is 31.0 Å². The Hall–Kier alpha value is -2.08. The number of nitrogens with zero attached hydrogens (tertiary/aromatic N) is 2. The van der Waals surface area contributed by atoms with Crippen LogP contribution in [0.25, 0.3) is 0 Å². The van der Waals surface area contributed by atoms with Gasteiger partial charge >= 0.3 is 5.97 Å². The number of oxime groups is 1. The van der Waals surface area contributed by atoms with Gasteiger partial charge in [-0.05, 0) is 26.5 Å². The molecule has 0 fully saturated rings. The van der Waals surface area contributed by atoms with Crippen LogP contribution in [0.2, 0.25) is 0 Å². The van der Waals surface area contributed by atoms with Crippen LogP contribution in [0.5, 0.6) is 0 Å². The first-order valence-corrected chi connectivity index (χ1v) is 6.30. The molecule has 6 nitrogen and oxygen atoms in total. The topological polar surface area (TPSA) is 88.2 Å². The minimum absolute atomic E-state index is 0.0328. The third kappa shape index (κ3) is 3.48. The first-order valence-electron chi connectivity index (χ1n) is 6.30. The van der Waals surface area contributed by atoms with Crippen molar-refractivity contribution in [3.8, 4) is 0 Å². The molecule has 0 saturated heterocycles. The monoisotopic (exact) mass is 279 g/mol. The minimum atomic E-state index is -0.334. The van der Waals surface area contributed by atoms with E-state index in [0.717, 1.165) is 5.56 Å². The number of amidine groups is 1. The SMILES string of the molecule is COC(=O)C(C)N(C)C(C)c1ccc(/C(N)=N/O)cc1. The number of likely N-dealkylation sites (N-methyl/N-ethyl adjacent to an activating group) is 1. The molecule has 0 aliphatic carbocycles. The van der Waals surface area contributed by atoms with Gasteiger partial charge in [-0.1, -0.05) is 29.4 Å². The number of hydrogen-bond acceptors (Lipinski definition) is 5. The molecule has 3 N–H and O–H groups in total. The number of carbonyl (C=O) groups is 1. The van der Waals surface area contributed by atoms with Crippen molar-refractivity contribution in [1.82, 2.24) is 4.90 Å². The normalized spacial score (nSPS) is 14.9. The first-order chi connectivity index (χ1) is 9.42. The van der Waals surface area contributed by atoms with Gasteiger partial charge in [0.25, 0.3) is 0 Å². The van der Waals surface area contributed by atoms with Crippen molar-refractivity contribution >= 4 is 11.8 Å². The van der Waals surface area contributed by atoms with Crippen LogP contribution >= 0.6 is 0 Å². The lowest BCUT2D eigenvalue weighted by atomic mass is 10.0. The highest BCUT2D eigenvalue weighted by molar-refractivity contribution is 5.96. The van der Waals surface area contributed by atoms with E-state index in [1.165, 1.54) is 7.11 Å². The summed E-state index contributed by atoms with van der Waals surface area (Å²) in [6.07, 6.45) is 0. The third-order valence-electron chi connectivity index (χ3n) is 3.56. The number of ether oxygens (including phenoxy) is 1. The van der Waals surface area contributed by atoms with Gasteiger partial charge in [0.05, 0.1) is 7.11 Å². The van der Waals surface area contributed by atoms with Gasteiger partial charge in [-0.15, -0.1) is 0 Å². The van der Waals surface area contributed by atoms with Gasteiger partial charge in [0.15, 0.2) is 5.84 Å². The number of esters is 1. The number of rotatable bonds is 5. The average Bonchev–Trinajstić information content (AvgIpc) is 2.51. The standard InChI is InChI=1S/C14H21N3O3/c1-9(17(3)10(2)14(18)20-4)11-5-7-12(8-6-11)13(15)16-19/h5-10,19H,1-4H3,(H2,15,16). The van der Waals surface area contributed by atoms with Gasteiger partial charge in [-0.2, -0.15) is 0 Å². The Morgan fingerprint density at radius 1 is 1.35 bits per heavy atom. The number of nitrogens with two attached hydrogens (primary N) is 1. The van der Waals surface area contributed by atoms with Crippen LogP contribution in [0, 0.1) is 0 Å². The smallest absolute Gasteiger partial charge is 0.322 e. The fraction of sp³-hybridized carbons (Fsp3) is 0.429. The van der Waals surface area contributed by atoms with Gasteiger partial charge in [0.1, 0.15) is 6.04 Å². The summed E-state index contributed by atoms with van der Waals surface area (Å²) in [5, 5.41) is 11.6. The summed E-state index contributed by atoms with van der Waals surface area (Å²) >= 11 is 0. The Balaban J connectivity index is 2.87. The molecule has 0 aliphatic heterocycles. The highest BCUT2D eigenvalue weighted by Crippen LogP contribution is 2.21. The van der Waals surface area contributed by atoms with E-state index >= 15 is 0 Å². The zero-order valence-corrected chi connectivity index (χ0v) is 12.2. The summed E-state index contributed by atoms with van der Waals surface area (Å²) in [5.74, 6) is -0.201. The Bertz CT molecular complexity index is 485. The molecule has 2 atom stereocenters. The average molecular weight is 279 g/mol. The van der Waals surface area contributed by atoms with Crippen LogP contribution in [0.1, 0.15) is 31.0 Å². The maximum Gasteiger partial charge on any atom is 0.322 e. The molecule has 1 rings (SSSR count). The lowest BCUT2D eigenvalue weighted by molar-refractivity contribution is -0.146. The largest absolute Gasteiger partial charge is 0.468 e. The molecule has 1 aromatic rings. The molecular formula is C14H21N3O3. The van der Waals surface area contributed by atoms with E-state index < -0.39 is 0 Å². The van der Waals surface area contributed by atoms with Crippen LogP contribution in [0.3, 0.4) is 0 Å². The molecule has 0 spiro atoms. The van der Waals surface area contributed by atoms with Crippen molar-refractivity contribution in [2.75, 3.05) is 14.2 Å². The molecule has 0 bridgehead atoms. The summed E-state index contributed by atoms with van der Waals surface area (Å²) in [7, 11) is 3.24. The summed E-state index contributed by atoms with van der Waals surface area (Å²) in [6, 6.07) is 7.02. The number of carbonyl (C=O) groups excluding carboxylic acids is 1. The fourth-order valence-corrected chi connectivity index (χ4v) is 1.90. The Morgan fingerprint density at radius 2 is 1.90 bits per heavy atom. The van der Waals surface area contributed by atoms with Crippen molar-refractivity contribution < 1.29 is 14.7 Å². The fourth-order valence-electron chi connectivity index (χ4n) is 1.90. The Labute approximate surface area is 118 Å². The van der Waals surface area contributed by atoms with Crippen molar-refractivity contribution in [1.29, 1.82) is 0 Å². The van der Waals surface area contributed by atoms with E-state index in [9.17, 15) is 4.79 Å². The molecule has 2 unspecified atom stereocenters. The molecule has 6 heteroatoms. The predicted octanol–water partition coefficient (Wildman–Crippen LogP) is 1.34. The molecule has 0 heterocycles. The zero-order valence-electron chi connectivity index (χ0n) is 12.2. The Kier molecular flexibility index (Phi) is 5.52. The van der Waals surface area contributed by atoms with E-state index in [4.69, 9.17) is 15.7 Å². The lowest BCUT2D eigenvalue weighted by Gasteiger charge is -2.29. The van der Waals surface area contributed by atoms with Gasteiger partial charge in [-0.3, -0.25) is 9.69 Å². The maximum absolute atomic E-state index is 11.5. The minimum Gasteiger partial charge on any atom is -0.468 e. The summed E-state index contributed by atoms with van der Waals surface area (Å²) < 4.78 is 4.74. The quantitative estimate of drug-likeness (QED) is 0.279. The van der Waals surface area contributed by atoms with Crippen molar-refractivity contribution in [3.05, 3.63) is 35.4 Å². The molecule has 110 valence electrons. The van der Waals surface area contributed by atoms with Crippen LogP contribution in [-0.2, 0) is 9.53 Å². The van der Waals surface area contributed by atoms with Crippen LogP contribution in [0.4, 0.5) is 0 Å². The highest BCUT2D eigenvalue weighted by atomic mass is 16.5. The summed E-state index contributed by atoms with van der Waals surface area (Å²) in [5.41, 5.74) is 7.19. The molecular weight excluding hydrogens is 258 g/mol. The molecule has 0 saturated carbocycles. The number of hydrogen-bond donors (Lipinski definition) is 2. The van der Waals surface area contributed by atoms with Gasteiger partial charge in [0.2, 0.25) is 0 Å². The van der Waals surface area contributed by atoms with Crippen LogP contribution in [0.15, 0.2) is 29.4 Å². The molecule has 0 radical (unpaired) electrons. The van der Waals surface area contributed by atoms with Gasteiger partial charge in [0, 0.05) is 11.6 Å². The summed E-state index contributed by atoms with van der Waals surface area (Å²) in [6.45, 7) is 3.80. The first kappa shape index (κ1) is 16.0. The number of methoxy groups -OCH3 is 1. The van der Waals surface area contributed by atoms with Crippen molar-refractivity contribution in [2.45, 2.75) is 25.9 Å². The van der Waals surface area contributed by atoms with Crippen LogP contribution < -0.4 is 5.73 Å². The lowest BCUT2D eigenvalue weighted by Crippen LogP contribution is -2.38. The van der Waals surface area contributed by atoms with E-state index in [0.29, 0.717) is 5.56 Å². The second-order valence-electron chi connectivity index (χ2n) is 4.65. The Morgan fingerprint density at radius 3 is 2.35 bits per heavy atom. The molecule has 0 amide bonds. The van der Waals surface area contributed by atoms with E-state index in [2.05, 4.69) is 5.16 Å². The van der Waals surface area contributed by atoms with Crippen molar-refractivity contribution in [2.24, 2.45) is 10.9 Å². The maximum atomic E-state index is 11.5. The van der Waals surface area contributed by atoms with E-state index in [-0.39, 0.29) is 23.9 Å². The molecule has 0 aromatic heterocycles. The number of benzene rings is 1. The third-order valence-corrected chi connectivity index (χ3v) is 3.56. The second-order valence-corrected chi connectivity index (χ2v) is 4.65. The molecule has 20 heavy (non-hydrogen) atoms. The second kappa shape index (κ2) is 6.91. The molecule has 1 aromatic carbocycles. The molecule has 0 aliphatic rings. The highest BCUT2D eigenvalue weighted by Gasteiger charge is 2.23. The van der Waals surface area contributed by atoms with Crippen LogP contribution in [-0.4, -0.2) is 42.1 Å². The van der Waals surface area contributed by atoms with Gasteiger partial charge in [-0.25, -0.2) is 0 Å². The zero-order chi connectivity index (χ0) is 15.3. The van der Waals surface area contributed by atoms with E-state index in [1.54, 1.807) is 19.1 Å².